The van der Waals surface area contributed by atoms with Crippen molar-refractivity contribution in [2.24, 2.45) is 7.05 Å². The van der Waals surface area contributed by atoms with Crippen molar-refractivity contribution in [1.29, 1.82) is 0 Å². The molecule has 1 aromatic heterocycles. The maximum absolute atomic E-state index is 4.15. The van der Waals surface area contributed by atoms with Crippen LogP contribution in [0.5, 0.6) is 0 Å². The Morgan fingerprint density at radius 1 is 1.56 bits per heavy atom. The molecule has 0 aliphatic heterocycles. The Bertz CT molecular complexity index is 317. The molecule has 0 aromatic carbocycles. The molecule has 1 aliphatic rings. The molecule has 90 valence electrons. The number of hydrogen-bond donors (Lipinski definition) is 1. The zero-order valence-corrected chi connectivity index (χ0v) is 10.3. The van der Waals surface area contributed by atoms with Crippen LogP contribution in [0, 0.1) is 0 Å². The van der Waals surface area contributed by atoms with Gasteiger partial charge >= 0.3 is 0 Å². The summed E-state index contributed by atoms with van der Waals surface area (Å²) in [6, 6.07) is 0.880. The van der Waals surface area contributed by atoms with Crippen LogP contribution in [-0.4, -0.2) is 40.4 Å². The van der Waals surface area contributed by atoms with Gasteiger partial charge in [-0.15, -0.1) is 0 Å². The van der Waals surface area contributed by atoms with E-state index in [4.69, 9.17) is 0 Å². The molecule has 1 heterocycles. The van der Waals surface area contributed by atoms with Gasteiger partial charge in [0.25, 0.3) is 0 Å². The zero-order valence-electron chi connectivity index (χ0n) is 10.3. The van der Waals surface area contributed by atoms with Gasteiger partial charge in [-0.25, -0.2) is 0 Å². The molecule has 0 spiro atoms. The minimum Gasteiger partial charge on any atom is -0.311 e. The van der Waals surface area contributed by atoms with Crippen molar-refractivity contribution >= 4 is 0 Å². The highest BCUT2D eigenvalue weighted by molar-refractivity contribution is 5.02. The smallest absolute Gasteiger partial charge is 0.0534 e. The van der Waals surface area contributed by atoms with Crippen molar-refractivity contribution in [3.8, 4) is 0 Å². The van der Waals surface area contributed by atoms with E-state index in [1.807, 2.05) is 17.9 Å². The average Bonchev–Trinajstić information content (AvgIpc) is 3.03. The van der Waals surface area contributed by atoms with E-state index in [0.717, 1.165) is 19.1 Å². The monoisotopic (exact) mass is 222 g/mol. The highest BCUT2D eigenvalue weighted by Crippen LogP contribution is 2.25. The fraction of sp³-hybridized carbons (Fsp3) is 0.750. The van der Waals surface area contributed by atoms with Crippen LogP contribution < -0.4 is 5.32 Å². The number of aromatic nitrogens is 2. The predicted octanol–water partition coefficient (Wildman–Crippen LogP) is 0.994. The zero-order chi connectivity index (χ0) is 11.4. The van der Waals surface area contributed by atoms with E-state index in [0.29, 0.717) is 0 Å². The second-order valence-corrected chi connectivity index (χ2v) is 4.56. The van der Waals surface area contributed by atoms with E-state index in [-0.39, 0.29) is 0 Å². The Balaban J connectivity index is 1.60. The highest BCUT2D eigenvalue weighted by atomic mass is 15.2. The SMILES string of the molecule is CCN(CCNCc1cnn(C)c1)C1CC1. The van der Waals surface area contributed by atoms with Crippen molar-refractivity contribution in [2.45, 2.75) is 32.4 Å². The van der Waals surface area contributed by atoms with E-state index in [9.17, 15) is 0 Å². The van der Waals surface area contributed by atoms with E-state index in [2.05, 4.69) is 28.4 Å². The molecule has 1 aromatic rings. The van der Waals surface area contributed by atoms with Crippen molar-refractivity contribution in [3.63, 3.8) is 0 Å². The third kappa shape index (κ3) is 3.32. The van der Waals surface area contributed by atoms with Crippen molar-refractivity contribution in [3.05, 3.63) is 18.0 Å². The molecular weight excluding hydrogens is 200 g/mol. The topological polar surface area (TPSA) is 33.1 Å². The van der Waals surface area contributed by atoms with Gasteiger partial charge in [0.05, 0.1) is 6.20 Å². The number of rotatable bonds is 7. The van der Waals surface area contributed by atoms with Crippen LogP contribution in [0.15, 0.2) is 12.4 Å². The van der Waals surface area contributed by atoms with E-state index < -0.39 is 0 Å². The molecule has 1 N–H and O–H groups in total. The Morgan fingerprint density at radius 2 is 2.38 bits per heavy atom. The first-order valence-electron chi connectivity index (χ1n) is 6.22. The summed E-state index contributed by atoms with van der Waals surface area (Å²) in [6.07, 6.45) is 6.78. The average molecular weight is 222 g/mol. The Labute approximate surface area is 97.6 Å². The van der Waals surface area contributed by atoms with Gasteiger partial charge in [-0.2, -0.15) is 5.10 Å². The van der Waals surface area contributed by atoms with Crippen molar-refractivity contribution in [1.82, 2.24) is 20.0 Å². The summed E-state index contributed by atoms with van der Waals surface area (Å²) in [7, 11) is 1.95. The first kappa shape index (κ1) is 11.6. The van der Waals surface area contributed by atoms with Gasteiger partial charge in [0.1, 0.15) is 0 Å². The standard InChI is InChI=1S/C12H22N4/c1-3-16(12-4-5-12)7-6-13-8-11-9-14-15(2)10-11/h9-10,12-13H,3-8H2,1-2H3. The summed E-state index contributed by atoms with van der Waals surface area (Å²) < 4.78 is 1.85. The molecule has 2 rings (SSSR count). The molecule has 0 saturated heterocycles. The lowest BCUT2D eigenvalue weighted by atomic mass is 10.3. The second-order valence-electron chi connectivity index (χ2n) is 4.56. The Morgan fingerprint density at radius 3 is 2.94 bits per heavy atom. The van der Waals surface area contributed by atoms with Gasteiger partial charge in [0.15, 0.2) is 0 Å². The molecule has 1 fully saturated rings. The van der Waals surface area contributed by atoms with Crippen LogP contribution in [0.2, 0.25) is 0 Å². The first-order chi connectivity index (χ1) is 7.79. The minimum atomic E-state index is 0.880. The molecule has 0 amide bonds. The normalized spacial score (nSPS) is 15.9. The van der Waals surface area contributed by atoms with Gasteiger partial charge in [-0.05, 0) is 19.4 Å². The van der Waals surface area contributed by atoms with Crippen LogP contribution in [0.1, 0.15) is 25.3 Å². The molecule has 4 nitrogen and oxygen atoms in total. The quantitative estimate of drug-likeness (QED) is 0.699. The van der Waals surface area contributed by atoms with Crippen LogP contribution in [-0.2, 0) is 13.6 Å². The summed E-state index contributed by atoms with van der Waals surface area (Å²) >= 11 is 0. The fourth-order valence-corrected chi connectivity index (χ4v) is 2.06. The number of nitrogens with zero attached hydrogens (tertiary/aromatic N) is 3. The van der Waals surface area contributed by atoms with Crippen LogP contribution in [0.25, 0.3) is 0 Å². The van der Waals surface area contributed by atoms with Gasteiger partial charge in [-0.3, -0.25) is 9.58 Å². The third-order valence-corrected chi connectivity index (χ3v) is 3.13. The maximum atomic E-state index is 4.15. The molecule has 0 bridgehead atoms. The van der Waals surface area contributed by atoms with E-state index in [1.54, 1.807) is 0 Å². The van der Waals surface area contributed by atoms with Gasteiger partial charge in [-0.1, -0.05) is 6.92 Å². The minimum absolute atomic E-state index is 0.880. The number of hydrogen-bond acceptors (Lipinski definition) is 3. The van der Waals surface area contributed by atoms with Crippen LogP contribution in [0.4, 0.5) is 0 Å². The first-order valence-corrected chi connectivity index (χ1v) is 6.22. The lowest BCUT2D eigenvalue weighted by Gasteiger charge is -2.19. The second kappa shape index (κ2) is 5.46. The number of nitrogens with one attached hydrogen (secondary N) is 1. The number of likely N-dealkylation sites (N-methyl/N-ethyl adjacent to an activating group) is 1. The summed E-state index contributed by atoms with van der Waals surface area (Å²) in [5.74, 6) is 0. The van der Waals surface area contributed by atoms with Gasteiger partial charge in [0, 0.05) is 44.5 Å². The van der Waals surface area contributed by atoms with E-state index >= 15 is 0 Å². The Hall–Kier alpha value is -0.870. The molecular formula is C12H22N4. The highest BCUT2D eigenvalue weighted by Gasteiger charge is 2.26. The molecule has 1 saturated carbocycles. The predicted molar refractivity (Wildman–Crippen MR) is 65.2 cm³/mol. The molecule has 1 aliphatic carbocycles. The summed E-state index contributed by atoms with van der Waals surface area (Å²) in [6.45, 7) is 6.59. The molecule has 0 radical (unpaired) electrons. The maximum Gasteiger partial charge on any atom is 0.0534 e. The molecule has 4 heteroatoms. The van der Waals surface area contributed by atoms with Crippen molar-refractivity contribution < 1.29 is 0 Å². The number of aryl methyl sites for hydroxylation is 1. The molecule has 16 heavy (non-hydrogen) atoms. The fourth-order valence-electron chi connectivity index (χ4n) is 2.06. The molecule has 0 unspecified atom stereocenters. The van der Waals surface area contributed by atoms with Gasteiger partial charge in [0.2, 0.25) is 0 Å². The van der Waals surface area contributed by atoms with E-state index in [1.165, 1.54) is 31.5 Å². The van der Waals surface area contributed by atoms with Crippen molar-refractivity contribution in [2.75, 3.05) is 19.6 Å². The van der Waals surface area contributed by atoms with Crippen LogP contribution in [0.3, 0.4) is 0 Å². The lowest BCUT2D eigenvalue weighted by Crippen LogP contribution is -2.33. The summed E-state index contributed by atoms with van der Waals surface area (Å²) in [5, 5.41) is 7.62. The summed E-state index contributed by atoms with van der Waals surface area (Å²) in [4.78, 5) is 2.57. The van der Waals surface area contributed by atoms with Gasteiger partial charge < -0.3 is 5.32 Å². The third-order valence-electron chi connectivity index (χ3n) is 3.13. The summed E-state index contributed by atoms with van der Waals surface area (Å²) in [5.41, 5.74) is 1.26. The lowest BCUT2D eigenvalue weighted by molar-refractivity contribution is 0.277. The van der Waals surface area contributed by atoms with Crippen LogP contribution >= 0.6 is 0 Å². The molecule has 0 atom stereocenters. The Kier molecular flexibility index (Phi) is 3.96. The largest absolute Gasteiger partial charge is 0.311 e.